The molecule has 1 aromatic carbocycles. The third-order valence-corrected chi connectivity index (χ3v) is 5.96. The van der Waals surface area contributed by atoms with Crippen molar-refractivity contribution in [3.8, 4) is 0 Å². The lowest BCUT2D eigenvalue weighted by Crippen LogP contribution is -2.32. The molecule has 0 heterocycles. The topological polar surface area (TPSA) is 113 Å². The average molecular weight is 382 g/mol. The summed E-state index contributed by atoms with van der Waals surface area (Å²) in [5.41, 5.74) is -0.000265. The fourth-order valence-electron chi connectivity index (χ4n) is 2.29. The molecular formula is C18H26N2O5S. The third kappa shape index (κ3) is 6.10. The van der Waals surface area contributed by atoms with Crippen molar-refractivity contribution in [2.75, 3.05) is 6.54 Å². The van der Waals surface area contributed by atoms with Gasteiger partial charge >= 0.3 is 5.97 Å². The van der Waals surface area contributed by atoms with Crippen LogP contribution >= 0.6 is 0 Å². The molecule has 0 aromatic heterocycles. The highest BCUT2D eigenvalue weighted by Crippen LogP contribution is 2.22. The molecular weight excluding hydrogens is 356 g/mol. The maximum Gasteiger partial charge on any atom is 0.309 e. The van der Waals surface area contributed by atoms with Gasteiger partial charge in [-0.3, -0.25) is 9.59 Å². The second kappa shape index (κ2) is 8.18. The van der Waals surface area contributed by atoms with Gasteiger partial charge in [0, 0.05) is 19.0 Å². The molecule has 0 atom stereocenters. The first-order valence-electron chi connectivity index (χ1n) is 8.71. The number of carbonyl (C=O) groups excluding carboxylic acids is 1. The Labute approximate surface area is 154 Å². The molecule has 8 heteroatoms. The molecule has 1 saturated carbocycles. The van der Waals surface area contributed by atoms with Crippen molar-refractivity contribution in [1.82, 2.24) is 10.0 Å². The summed E-state index contributed by atoms with van der Waals surface area (Å²) in [5.74, 6) is -1.05. The molecule has 1 aromatic rings. The smallest absolute Gasteiger partial charge is 0.309 e. The lowest BCUT2D eigenvalue weighted by atomic mass is 9.90. The van der Waals surface area contributed by atoms with E-state index in [0.29, 0.717) is 19.4 Å². The lowest BCUT2D eigenvalue weighted by Gasteiger charge is -2.18. The number of aryl methyl sites for hydroxylation is 1. The third-order valence-electron chi connectivity index (χ3n) is 4.42. The Balaban J connectivity index is 1.77. The summed E-state index contributed by atoms with van der Waals surface area (Å²) in [5, 5.41) is 11.7. The summed E-state index contributed by atoms with van der Waals surface area (Å²) in [6, 6.07) is 6.58. The van der Waals surface area contributed by atoms with Gasteiger partial charge < -0.3 is 10.4 Å². The summed E-state index contributed by atoms with van der Waals surface area (Å²) in [4.78, 5) is 23.1. The second-order valence-electron chi connectivity index (χ2n) is 7.33. The molecule has 7 nitrogen and oxygen atoms in total. The minimum atomic E-state index is -3.46. The molecule has 1 fully saturated rings. The van der Waals surface area contributed by atoms with Gasteiger partial charge in [0.1, 0.15) is 0 Å². The molecule has 1 amide bonds. The van der Waals surface area contributed by atoms with E-state index in [1.54, 1.807) is 38.1 Å². The number of carboxylic acid groups (broad SMARTS) is 1. The Hall–Kier alpha value is -1.93. The normalized spacial score (nSPS) is 14.8. The number of hydrogen-bond acceptors (Lipinski definition) is 4. The van der Waals surface area contributed by atoms with Crippen molar-refractivity contribution in [2.24, 2.45) is 5.41 Å². The van der Waals surface area contributed by atoms with E-state index in [9.17, 15) is 18.0 Å². The maximum absolute atomic E-state index is 12.1. The predicted octanol–water partition coefficient (Wildman–Crippen LogP) is 1.68. The van der Waals surface area contributed by atoms with Crippen LogP contribution in [-0.2, 0) is 26.0 Å². The molecule has 26 heavy (non-hydrogen) atoms. The highest BCUT2D eigenvalue weighted by Gasteiger charge is 2.28. The zero-order valence-corrected chi connectivity index (χ0v) is 15.9. The van der Waals surface area contributed by atoms with Crippen LogP contribution in [-0.4, -0.2) is 38.0 Å². The van der Waals surface area contributed by atoms with Crippen LogP contribution in [0.2, 0.25) is 0 Å². The molecule has 3 N–H and O–H groups in total. The number of carboxylic acids is 1. The summed E-state index contributed by atoms with van der Waals surface area (Å²) in [6.07, 6.45) is 2.88. The Bertz CT molecular complexity index is 752. The summed E-state index contributed by atoms with van der Waals surface area (Å²) in [6.45, 7) is 3.55. The van der Waals surface area contributed by atoms with Crippen molar-refractivity contribution in [3.63, 3.8) is 0 Å². The Kier molecular flexibility index (Phi) is 6.41. The van der Waals surface area contributed by atoms with E-state index in [4.69, 9.17) is 5.11 Å². The van der Waals surface area contributed by atoms with E-state index >= 15 is 0 Å². The first-order valence-corrected chi connectivity index (χ1v) is 10.2. The minimum Gasteiger partial charge on any atom is -0.481 e. The van der Waals surface area contributed by atoms with Gasteiger partial charge in [-0.15, -0.1) is 0 Å². The quantitative estimate of drug-likeness (QED) is 0.570. The molecule has 0 aliphatic heterocycles. The molecule has 0 saturated heterocycles. The van der Waals surface area contributed by atoms with Crippen LogP contribution in [0.3, 0.4) is 0 Å². The van der Waals surface area contributed by atoms with Gasteiger partial charge in [-0.05, 0) is 57.2 Å². The van der Waals surface area contributed by atoms with Crippen molar-refractivity contribution in [3.05, 3.63) is 29.8 Å². The second-order valence-corrected chi connectivity index (χ2v) is 9.04. The number of benzene rings is 1. The van der Waals surface area contributed by atoms with E-state index in [0.717, 1.165) is 18.4 Å². The van der Waals surface area contributed by atoms with Gasteiger partial charge in [0.05, 0.1) is 10.3 Å². The van der Waals surface area contributed by atoms with Crippen LogP contribution < -0.4 is 10.0 Å². The number of rotatable bonds is 10. The van der Waals surface area contributed by atoms with E-state index in [2.05, 4.69) is 10.0 Å². The minimum absolute atomic E-state index is 0.0643. The van der Waals surface area contributed by atoms with E-state index in [1.165, 1.54) is 0 Å². The molecule has 1 aliphatic rings. The number of nitrogens with one attached hydrogen (secondary N) is 2. The van der Waals surface area contributed by atoms with Crippen molar-refractivity contribution in [2.45, 2.75) is 56.9 Å². The monoisotopic (exact) mass is 382 g/mol. The van der Waals surface area contributed by atoms with E-state index in [1.807, 2.05) is 0 Å². The molecule has 1 aliphatic carbocycles. The fourth-order valence-corrected chi connectivity index (χ4v) is 3.60. The highest BCUT2D eigenvalue weighted by molar-refractivity contribution is 7.89. The number of sulfonamides is 1. The molecule has 0 spiro atoms. The van der Waals surface area contributed by atoms with Crippen LogP contribution in [0.25, 0.3) is 0 Å². The maximum atomic E-state index is 12.1. The summed E-state index contributed by atoms with van der Waals surface area (Å²) >= 11 is 0. The number of hydrogen-bond donors (Lipinski definition) is 3. The van der Waals surface area contributed by atoms with Crippen molar-refractivity contribution >= 4 is 21.9 Å². The molecule has 0 unspecified atom stereocenters. The molecule has 0 bridgehead atoms. The van der Waals surface area contributed by atoms with Gasteiger partial charge in [0.25, 0.3) is 0 Å². The largest absolute Gasteiger partial charge is 0.481 e. The first-order chi connectivity index (χ1) is 12.1. The van der Waals surface area contributed by atoms with Gasteiger partial charge in [0.15, 0.2) is 0 Å². The Morgan fingerprint density at radius 3 is 2.35 bits per heavy atom. The standard InChI is InChI=1S/C18H26N2O5S/c1-18(2,17(22)23)11-12-19-16(21)10-5-13-3-8-15(9-4-13)26(24,25)20-14-6-7-14/h3-4,8-9,14,20H,5-7,10-12H2,1-2H3,(H,19,21)(H,22,23). The SMILES string of the molecule is CC(C)(CCNC(=O)CCc1ccc(S(=O)(=O)NC2CC2)cc1)C(=O)O. The van der Waals surface area contributed by atoms with E-state index in [-0.39, 0.29) is 23.3 Å². The summed E-state index contributed by atoms with van der Waals surface area (Å²) < 4.78 is 26.8. The van der Waals surface area contributed by atoms with Gasteiger partial charge in [-0.1, -0.05) is 12.1 Å². The zero-order valence-electron chi connectivity index (χ0n) is 15.1. The van der Waals surface area contributed by atoms with Gasteiger partial charge in [-0.25, -0.2) is 13.1 Å². The molecule has 144 valence electrons. The number of aliphatic carboxylic acids is 1. The number of carbonyl (C=O) groups is 2. The van der Waals surface area contributed by atoms with Crippen LogP contribution in [0, 0.1) is 5.41 Å². The lowest BCUT2D eigenvalue weighted by molar-refractivity contribution is -0.147. The van der Waals surface area contributed by atoms with Crippen LogP contribution in [0.15, 0.2) is 29.2 Å². The van der Waals surface area contributed by atoms with E-state index < -0.39 is 21.4 Å². The van der Waals surface area contributed by atoms with Crippen molar-refractivity contribution < 1.29 is 23.1 Å². The van der Waals surface area contributed by atoms with Crippen LogP contribution in [0.5, 0.6) is 0 Å². The predicted molar refractivity (Wildman–Crippen MR) is 97.2 cm³/mol. The average Bonchev–Trinajstić information content (AvgIpc) is 3.36. The van der Waals surface area contributed by atoms with Crippen LogP contribution in [0.1, 0.15) is 45.1 Å². The van der Waals surface area contributed by atoms with Gasteiger partial charge in [0.2, 0.25) is 15.9 Å². The molecule has 2 rings (SSSR count). The first kappa shape index (κ1) is 20.4. The van der Waals surface area contributed by atoms with Crippen LogP contribution in [0.4, 0.5) is 0 Å². The fraction of sp³-hybridized carbons (Fsp3) is 0.556. The Morgan fingerprint density at radius 2 is 1.81 bits per heavy atom. The number of amides is 1. The zero-order chi connectivity index (χ0) is 19.4. The Morgan fingerprint density at radius 1 is 1.19 bits per heavy atom. The van der Waals surface area contributed by atoms with Gasteiger partial charge in [-0.2, -0.15) is 0 Å². The summed E-state index contributed by atoms with van der Waals surface area (Å²) in [7, 11) is -3.46. The highest BCUT2D eigenvalue weighted by atomic mass is 32.2. The molecule has 0 radical (unpaired) electrons. The van der Waals surface area contributed by atoms with Crippen molar-refractivity contribution in [1.29, 1.82) is 0 Å².